The van der Waals surface area contributed by atoms with Crippen molar-refractivity contribution in [2.24, 2.45) is 0 Å². The van der Waals surface area contributed by atoms with Gasteiger partial charge in [-0.3, -0.25) is 9.59 Å². The third kappa shape index (κ3) is 5.16. The third-order valence-corrected chi connectivity index (χ3v) is 4.96. The zero-order valence-electron chi connectivity index (χ0n) is 17.0. The Balaban J connectivity index is 1.44. The van der Waals surface area contributed by atoms with E-state index in [9.17, 15) is 18.4 Å². The molecule has 0 spiro atoms. The van der Waals surface area contributed by atoms with E-state index < -0.39 is 18.9 Å². The van der Waals surface area contributed by atoms with Gasteiger partial charge in [-0.15, -0.1) is 0 Å². The number of halogens is 2. The van der Waals surface area contributed by atoms with Crippen LogP contribution in [0.1, 0.15) is 34.5 Å². The molecule has 2 amide bonds. The topological polar surface area (TPSA) is 62.3 Å². The van der Waals surface area contributed by atoms with Crippen molar-refractivity contribution in [2.75, 3.05) is 16.8 Å². The molecule has 5 nitrogen and oxygen atoms in total. The lowest BCUT2D eigenvalue weighted by atomic mass is 10.1. The molecule has 1 aliphatic heterocycles. The van der Waals surface area contributed by atoms with Crippen LogP contribution in [0, 0.1) is 11.8 Å². The summed E-state index contributed by atoms with van der Waals surface area (Å²) >= 11 is 0. The number of nitrogens with one attached hydrogen (secondary N) is 1. The predicted molar refractivity (Wildman–Crippen MR) is 118 cm³/mol. The lowest BCUT2D eigenvalue weighted by Gasteiger charge is -2.32. The minimum Gasteiger partial charge on any atom is -0.322 e. The van der Waals surface area contributed by atoms with Crippen LogP contribution in [0.15, 0.2) is 72.9 Å². The highest BCUT2D eigenvalue weighted by Gasteiger charge is 2.39. The standard InChI is InChI=1S/C25H19F2N3O2/c26-25(27)14-13-23(31)30(17-25)22-11-8-19(9-12-22)24(32)29-21-6-3-4-18(16-21)7-10-20-5-1-2-15-28-20/h1-6,8-9,11-12,15-16H,13-14,17H2,(H,29,32). The Morgan fingerprint density at radius 1 is 1.03 bits per heavy atom. The number of nitrogens with zero attached hydrogens (tertiary/aromatic N) is 2. The molecule has 32 heavy (non-hydrogen) atoms. The number of benzene rings is 2. The molecule has 1 aromatic heterocycles. The van der Waals surface area contributed by atoms with Gasteiger partial charge in [0.05, 0.1) is 6.54 Å². The maximum absolute atomic E-state index is 13.7. The first-order chi connectivity index (χ1) is 15.4. The van der Waals surface area contributed by atoms with Gasteiger partial charge in [-0.1, -0.05) is 18.1 Å². The summed E-state index contributed by atoms with van der Waals surface area (Å²) in [6, 6.07) is 18.6. The van der Waals surface area contributed by atoms with Gasteiger partial charge in [-0.05, 0) is 60.5 Å². The van der Waals surface area contributed by atoms with Crippen molar-refractivity contribution in [3.05, 3.63) is 89.7 Å². The van der Waals surface area contributed by atoms with Gasteiger partial charge in [-0.25, -0.2) is 13.8 Å². The van der Waals surface area contributed by atoms with E-state index in [2.05, 4.69) is 22.1 Å². The minimum atomic E-state index is -2.91. The van der Waals surface area contributed by atoms with Crippen LogP contribution in [0.4, 0.5) is 20.2 Å². The fraction of sp³-hybridized carbons (Fsp3) is 0.160. The Labute approximate surface area is 184 Å². The highest BCUT2D eigenvalue weighted by Crippen LogP contribution is 2.30. The summed E-state index contributed by atoms with van der Waals surface area (Å²) in [4.78, 5) is 29.8. The lowest BCUT2D eigenvalue weighted by molar-refractivity contribution is -0.125. The fourth-order valence-corrected chi connectivity index (χ4v) is 3.30. The van der Waals surface area contributed by atoms with Crippen LogP contribution >= 0.6 is 0 Å². The summed E-state index contributed by atoms with van der Waals surface area (Å²) in [6.45, 7) is -0.649. The number of carbonyl (C=O) groups excluding carboxylic acids is 2. The highest BCUT2D eigenvalue weighted by atomic mass is 19.3. The van der Waals surface area contributed by atoms with Crippen LogP contribution in [0.25, 0.3) is 0 Å². The molecule has 3 aromatic rings. The van der Waals surface area contributed by atoms with Crippen molar-refractivity contribution in [3.8, 4) is 11.8 Å². The summed E-state index contributed by atoms with van der Waals surface area (Å²) in [5.74, 6) is 2.35. The van der Waals surface area contributed by atoms with Crippen molar-refractivity contribution in [2.45, 2.75) is 18.8 Å². The van der Waals surface area contributed by atoms with Crippen LogP contribution in [-0.4, -0.2) is 29.3 Å². The Morgan fingerprint density at radius 2 is 1.84 bits per heavy atom. The van der Waals surface area contributed by atoms with Gasteiger partial charge in [0.2, 0.25) is 5.91 Å². The Hall–Kier alpha value is -4.05. The molecule has 4 rings (SSSR count). The molecule has 0 aliphatic carbocycles. The first-order valence-corrected chi connectivity index (χ1v) is 10.0. The lowest BCUT2D eigenvalue weighted by Crippen LogP contribution is -2.46. The molecule has 2 heterocycles. The molecular formula is C25H19F2N3O2. The first kappa shape index (κ1) is 21.2. The number of pyridine rings is 1. The van der Waals surface area contributed by atoms with E-state index in [1.807, 2.05) is 18.2 Å². The minimum absolute atomic E-state index is 0.200. The van der Waals surface area contributed by atoms with Gasteiger partial charge in [-0.2, -0.15) is 0 Å². The number of amides is 2. The number of rotatable bonds is 3. The molecule has 0 unspecified atom stereocenters. The summed E-state index contributed by atoms with van der Waals surface area (Å²) in [7, 11) is 0. The van der Waals surface area contributed by atoms with Crippen molar-refractivity contribution < 1.29 is 18.4 Å². The van der Waals surface area contributed by atoms with E-state index in [-0.39, 0.29) is 18.2 Å². The molecule has 0 atom stereocenters. The average Bonchev–Trinajstić information content (AvgIpc) is 2.80. The number of hydrogen-bond acceptors (Lipinski definition) is 3. The molecule has 1 aliphatic rings. The van der Waals surface area contributed by atoms with Gasteiger partial charge in [0.1, 0.15) is 5.69 Å². The molecule has 1 N–H and O–H groups in total. The molecule has 0 saturated carbocycles. The number of alkyl halides is 2. The first-order valence-electron chi connectivity index (χ1n) is 10.0. The SMILES string of the molecule is O=C(Nc1cccc(C#Cc2ccccn2)c1)c1ccc(N2CC(F)(F)CCC2=O)cc1. The van der Waals surface area contributed by atoms with E-state index in [0.717, 1.165) is 4.90 Å². The fourth-order valence-electron chi connectivity index (χ4n) is 3.30. The van der Waals surface area contributed by atoms with E-state index in [1.165, 1.54) is 24.3 Å². The molecule has 1 fully saturated rings. The molecule has 0 radical (unpaired) electrons. The smallest absolute Gasteiger partial charge is 0.266 e. The number of anilines is 2. The van der Waals surface area contributed by atoms with Gasteiger partial charge in [0.25, 0.3) is 11.8 Å². The molecule has 0 bridgehead atoms. The second-order valence-corrected chi connectivity index (χ2v) is 7.38. The quantitative estimate of drug-likeness (QED) is 0.622. The number of hydrogen-bond donors (Lipinski definition) is 1. The van der Waals surface area contributed by atoms with E-state index in [0.29, 0.717) is 28.2 Å². The highest BCUT2D eigenvalue weighted by molar-refractivity contribution is 6.05. The Bertz CT molecular complexity index is 1200. The monoisotopic (exact) mass is 431 g/mol. The summed E-state index contributed by atoms with van der Waals surface area (Å²) in [5.41, 5.74) is 2.62. The number of aromatic nitrogens is 1. The van der Waals surface area contributed by atoms with E-state index in [4.69, 9.17) is 0 Å². The molecule has 160 valence electrons. The molecule has 2 aromatic carbocycles. The second kappa shape index (κ2) is 8.98. The average molecular weight is 431 g/mol. The second-order valence-electron chi connectivity index (χ2n) is 7.38. The van der Waals surface area contributed by atoms with Gasteiger partial charge in [0.15, 0.2) is 0 Å². The van der Waals surface area contributed by atoms with Crippen molar-refractivity contribution in [1.29, 1.82) is 0 Å². The Kier molecular flexibility index (Phi) is 5.95. The van der Waals surface area contributed by atoms with Crippen LogP contribution in [-0.2, 0) is 4.79 Å². The zero-order chi connectivity index (χ0) is 22.6. The van der Waals surface area contributed by atoms with Crippen LogP contribution < -0.4 is 10.2 Å². The summed E-state index contributed by atoms with van der Waals surface area (Å²) in [5, 5.41) is 2.79. The van der Waals surface area contributed by atoms with Crippen LogP contribution in [0.5, 0.6) is 0 Å². The summed E-state index contributed by atoms with van der Waals surface area (Å²) < 4.78 is 27.4. The normalized spacial score (nSPS) is 14.9. The van der Waals surface area contributed by atoms with Crippen molar-refractivity contribution >= 4 is 23.2 Å². The number of piperidine rings is 1. The van der Waals surface area contributed by atoms with Crippen molar-refractivity contribution in [1.82, 2.24) is 4.98 Å². The Morgan fingerprint density at radius 3 is 2.59 bits per heavy atom. The van der Waals surface area contributed by atoms with Crippen LogP contribution in [0.3, 0.4) is 0 Å². The van der Waals surface area contributed by atoms with Gasteiger partial charge < -0.3 is 10.2 Å². The summed E-state index contributed by atoms with van der Waals surface area (Å²) in [6.07, 6.45) is 1.03. The largest absolute Gasteiger partial charge is 0.322 e. The molecule has 1 saturated heterocycles. The maximum Gasteiger partial charge on any atom is 0.266 e. The zero-order valence-corrected chi connectivity index (χ0v) is 17.0. The maximum atomic E-state index is 13.7. The predicted octanol–water partition coefficient (Wildman–Crippen LogP) is 4.50. The van der Waals surface area contributed by atoms with E-state index in [1.54, 1.807) is 30.5 Å². The van der Waals surface area contributed by atoms with Crippen LogP contribution in [0.2, 0.25) is 0 Å². The molecule has 7 heteroatoms. The number of carbonyl (C=O) groups is 2. The van der Waals surface area contributed by atoms with E-state index >= 15 is 0 Å². The van der Waals surface area contributed by atoms with Gasteiger partial charge >= 0.3 is 0 Å². The third-order valence-electron chi connectivity index (χ3n) is 4.96. The molecular weight excluding hydrogens is 412 g/mol. The van der Waals surface area contributed by atoms with Gasteiger partial charge in [0, 0.05) is 41.5 Å². The van der Waals surface area contributed by atoms with Crippen molar-refractivity contribution in [3.63, 3.8) is 0 Å².